The molecule has 0 bridgehead atoms. The molecule has 1 N–H and O–H groups in total. The molecule has 1 unspecified atom stereocenters. The van der Waals surface area contributed by atoms with Crippen LogP contribution in [0.4, 0.5) is 0 Å². The second-order valence-electron chi connectivity index (χ2n) is 5.67. The minimum Gasteiger partial charge on any atom is -0.376 e. The molecule has 7 nitrogen and oxygen atoms in total. The number of aromatic nitrogens is 3. The maximum Gasteiger partial charge on any atom is 0.344 e. The van der Waals surface area contributed by atoms with Gasteiger partial charge >= 0.3 is 5.69 Å². The molecule has 2 aromatic rings. The van der Waals surface area contributed by atoms with E-state index in [2.05, 4.69) is 10.2 Å². The van der Waals surface area contributed by atoms with Gasteiger partial charge in [-0.3, -0.25) is 9.36 Å². The first kappa shape index (κ1) is 17.2. The van der Waals surface area contributed by atoms with Gasteiger partial charge in [-0.25, -0.2) is 9.89 Å². The summed E-state index contributed by atoms with van der Waals surface area (Å²) in [5.41, 5.74) is -0.257. The molecule has 1 atom stereocenters. The number of ether oxygens (including phenoxy) is 1. The highest BCUT2D eigenvalue weighted by Gasteiger charge is 2.20. The van der Waals surface area contributed by atoms with E-state index in [4.69, 9.17) is 4.74 Å². The lowest BCUT2D eigenvalue weighted by Gasteiger charge is -2.16. The Morgan fingerprint density at radius 1 is 1.62 bits per heavy atom. The zero-order valence-electron chi connectivity index (χ0n) is 13.4. The second kappa shape index (κ2) is 8.00. The molecule has 3 heterocycles. The van der Waals surface area contributed by atoms with Crippen LogP contribution in [0.25, 0.3) is 0 Å². The van der Waals surface area contributed by atoms with Gasteiger partial charge in [0.1, 0.15) is 0 Å². The molecule has 1 aliphatic heterocycles. The van der Waals surface area contributed by atoms with E-state index in [-0.39, 0.29) is 23.5 Å². The number of thioether (sulfide) groups is 1. The fourth-order valence-corrected chi connectivity index (χ4v) is 4.18. The van der Waals surface area contributed by atoms with Crippen LogP contribution in [-0.4, -0.2) is 51.1 Å². The van der Waals surface area contributed by atoms with E-state index in [1.54, 1.807) is 27.9 Å². The van der Waals surface area contributed by atoms with Crippen LogP contribution in [0.1, 0.15) is 17.7 Å². The second-order valence-corrected chi connectivity index (χ2v) is 7.65. The Morgan fingerprint density at radius 2 is 2.50 bits per heavy atom. The summed E-state index contributed by atoms with van der Waals surface area (Å²) in [5, 5.41) is 9.02. The normalized spacial score (nSPS) is 17.3. The number of carbonyl (C=O) groups is 1. The fraction of sp³-hybridized carbons (Fsp3) is 0.533. The number of hydrogen-bond acceptors (Lipinski definition) is 6. The van der Waals surface area contributed by atoms with Gasteiger partial charge in [-0.15, -0.1) is 16.4 Å². The van der Waals surface area contributed by atoms with Crippen molar-refractivity contribution in [2.75, 3.05) is 19.4 Å². The summed E-state index contributed by atoms with van der Waals surface area (Å²) in [4.78, 5) is 27.0. The van der Waals surface area contributed by atoms with E-state index in [9.17, 15) is 9.59 Å². The minimum atomic E-state index is -0.257. The van der Waals surface area contributed by atoms with Gasteiger partial charge in [0.05, 0.1) is 24.9 Å². The van der Waals surface area contributed by atoms with E-state index in [0.717, 1.165) is 24.3 Å². The highest BCUT2D eigenvalue weighted by atomic mass is 32.2. The molecular weight excluding hydrogens is 348 g/mol. The van der Waals surface area contributed by atoms with Gasteiger partial charge in [-0.1, -0.05) is 17.8 Å². The van der Waals surface area contributed by atoms with Crippen LogP contribution < -0.4 is 5.69 Å². The Hall–Kier alpha value is -1.58. The van der Waals surface area contributed by atoms with Crippen LogP contribution in [0, 0.1) is 0 Å². The fourth-order valence-electron chi connectivity index (χ4n) is 2.53. The number of amides is 1. The monoisotopic (exact) mass is 368 g/mol. The van der Waals surface area contributed by atoms with Gasteiger partial charge in [-0.2, -0.15) is 0 Å². The smallest absolute Gasteiger partial charge is 0.344 e. The van der Waals surface area contributed by atoms with Crippen LogP contribution in [0.2, 0.25) is 0 Å². The molecule has 130 valence electrons. The molecule has 1 aliphatic rings. The molecule has 0 radical (unpaired) electrons. The van der Waals surface area contributed by atoms with E-state index >= 15 is 0 Å². The van der Waals surface area contributed by atoms with Crippen molar-refractivity contribution < 1.29 is 9.53 Å². The van der Waals surface area contributed by atoms with E-state index in [1.807, 2.05) is 17.5 Å². The predicted octanol–water partition coefficient (Wildman–Crippen LogP) is 1.56. The summed E-state index contributed by atoms with van der Waals surface area (Å²) in [6, 6.07) is 3.98. The molecule has 2 aromatic heterocycles. The molecule has 0 saturated carbocycles. The standard InChI is InChI=1S/C15H20N4O3S2/c1-18(9-12-5-3-7-23-12)13(20)10-24-15-17-16-14(21)19(15)8-11-4-2-6-22-11/h3,5,7,11H,2,4,6,8-10H2,1H3,(H,16,21). The van der Waals surface area contributed by atoms with E-state index in [0.29, 0.717) is 18.2 Å². The third-order valence-electron chi connectivity index (χ3n) is 3.86. The lowest BCUT2D eigenvalue weighted by atomic mass is 10.2. The Labute approximate surface area is 148 Å². The van der Waals surface area contributed by atoms with E-state index < -0.39 is 0 Å². The van der Waals surface area contributed by atoms with Crippen molar-refractivity contribution in [3.05, 3.63) is 32.9 Å². The van der Waals surface area contributed by atoms with Crippen molar-refractivity contribution in [1.29, 1.82) is 0 Å². The average Bonchev–Trinajstić information content (AvgIpc) is 3.30. The number of nitrogens with one attached hydrogen (secondary N) is 1. The zero-order valence-corrected chi connectivity index (χ0v) is 15.1. The summed E-state index contributed by atoms with van der Waals surface area (Å²) in [6.45, 7) is 1.82. The molecule has 1 saturated heterocycles. The van der Waals surface area contributed by atoms with Gasteiger partial charge in [0, 0.05) is 18.5 Å². The van der Waals surface area contributed by atoms with Crippen molar-refractivity contribution >= 4 is 29.0 Å². The van der Waals surface area contributed by atoms with Crippen LogP contribution in [-0.2, 0) is 22.6 Å². The molecular formula is C15H20N4O3S2. The molecule has 1 amide bonds. The Bertz CT molecular complexity index is 719. The third-order valence-corrected chi connectivity index (χ3v) is 5.68. The van der Waals surface area contributed by atoms with Gasteiger partial charge in [0.15, 0.2) is 5.16 Å². The van der Waals surface area contributed by atoms with Gasteiger partial charge in [-0.05, 0) is 24.3 Å². The summed E-state index contributed by atoms with van der Waals surface area (Å²) in [5.74, 6) is 0.255. The minimum absolute atomic E-state index is 0.00696. The number of H-pyrrole nitrogens is 1. The Morgan fingerprint density at radius 3 is 3.21 bits per heavy atom. The van der Waals surface area contributed by atoms with Gasteiger partial charge < -0.3 is 9.64 Å². The third kappa shape index (κ3) is 4.28. The highest BCUT2D eigenvalue weighted by molar-refractivity contribution is 7.99. The average molecular weight is 368 g/mol. The number of hydrogen-bond donors (Lipinski definition) is 1. The van der Waals surface area contributed by atoms with Crippen LogP contribution >= 0.6 is 23.1 Å². The van der Waals surface area contributed by atoms with Crippen LogP contribution in [0.15, 0.2) is 27.5 Å². The van der Waals surface area contributed by atoms with Crippen molar-refractivity contribution in [3.63, 3.8) is 0 Å². The topological polar surface area (TPSA) is 80.2 Å². The summed E-state index contributed by atoms with van der Waals surface area (Å²) < 4.78 is 7.14. The molecule has 0 spiro atoms. The SMILES string of the molecule is CN(Cc1cccs1)C(=O)CSc1n[nH]c(=O)n1CC1CCCO1. The number of nitrogens with zero attached hydrogens (tertiary/aromatic N) is 3. The van der Waals surface area contributed by atoms with Crippen molar-refractivity contribution in [3.8, 4) is 0 Å². The first-order chi connectivity index (χ1) is 11.6. The van der Waals surface area contributed by atoms with Crippen LogP contribution in [0.3, 0.4) is 0 Å². The molecule has 24 heavy (non-hydrogen) atoms. The Balaban J connectivity index is 1.56. The lowest BCUT2D eigenvalue weighted by Crippen LogP contribution is -2.28. The van der Waals surface area contributed by atoms with Crippen LogP contribution in [0.5, 0.6) is 0 Å². The number of rotatable bonds is 7. The lowest BCUT2D eigenvalue weighted by molar-refractivity contribution is -0.127. The van der Waals surface area contributed by atoms with Crippen molar-refractivity contribution in [2.45, 2.75) is 37.2 Å². The highest BCUT2D eigenvalue weighted by Crippen LogP contribution is 2.19. The van der Waals surface area contributed by atoms with Crippen molar-refractivity contribution in [1.82, 2.24) is 19.7 Å². The van der Waals surface area contributed by atoms with Crippen molar-refractivity contribution in [2.24, 2.45) is 0 Å². The first-order valence-corrected chi connectivity index (χ1v) is 9.66. The Kier molecular flexibility index (Phi) is 5.75. The first-order valence-electron chi connectivity index (χ1n) is 7.79. The molecule has 0 aromatic carbocycles. The molecule has 9 heteroatoms. The van der Waals surface area contributed by atoms with Gasteiger partial charge in [0.25, 0.3) is 0 Å². The maximum atomic E-state index is 12.3. The summed E-state index contributed by atoms with van der Waals surface area (Å²) >= 11 is 2.91. The molecule has 0 aliphatic carbocycles. The van der Waals surface area contributed by atoms with Gasteiger partial charge in [0.2, 0.25) is 5.91 Å². The quantitative estimate of drug-likeness (QED) is 0.750. The summed E-state index contributed by atoms with van der Waals surface area (Å²) in [7, 11) is 1.78. The summed E-state index contributed by atoms with van der Waals surface area (Å²) in [6.07, 6.45) is 2.02. The largest absolute Gasteiger partial charge is 0.376 e. The predicted molar refractivity (Wildman–Crippen MR) is 93.3 cm³/mol. The maximum absolute atomic E-state index is 12.3. The number of thiophene rings is 1. The molecule has 3 rings (SSSR count). The zero-order chi connectivity index (χ0) is 16.9. The van der Waals surface area contributed by atoms with E-state index in [1.165, 1.54) is 11.8 Å². The molecule has 1 fully saturated rings. The number of aromatic amines is 1. The number of carbonyl (C=O) groups excluding carboxylic acids is 1.